The molecule has 1 spiro atoms. The molecule has 6 nitrogen and oxygen atoms in total. The number of nitrogens with one attached hydrogen (secondary N) is 1. The van der Waals surface area contributed by atoms with E-state index in [4.69, 9.17) is 0 Å². The summed E-state index contributed by atoms with van der Waals surface area (Å²) in [5.41, 5.74) is 1.31. The van der Waals surface area contributed by atoms with Crippen molar-refractivity contribution in [1.82, 2.24) is 9.62 Å². The summed E-state index contributed by atoms with van der Waals surface area (Å²) in [4.78, 5) is 15.0. The summed E-state index contributed by atoms with van der Waals surface area (Å²) >= 11 is 0. The molecule has 3 fully saturated rings. The number of hydrogen-bond donors (Lipinski definition) is 2. The van der Waals surface area contributed by atoms with Gasteiger partial charge in [0.25, 0.3) is 5.91 Å². The fourth-order valence-electron chi connectivity index (χ4n) is 5.61. The van der Waals surface area contributed by atoms with Crippen LogP contribution in [0.3, 0.4) is 0 Å². The van der Waals surface area contributed by atoms with Crippen molar-refractivity contribution in [2.24, 2.45) is 11.3 Å². The Bertz CT molecular complexity index is 1180. The van der Waals surface area contributed by atoms with Crippen molar-refractivity contribution >= 4 is 15.9 Å². The zero-order valence-electron chi connectivity index (χ0n) is 19.3. The molecule has 8 heteroatoms. The van der Waals surface area contributed by atoms with Gasteiger partial charge in [-0.3, -0.25) is 4.79 Å². The van der Waals surface area contributed by atoms with Crippen LogP contribution >= 0.6 is 0 Å². The molecule has 1 amide bonds. The van der Waals surface area contributed by atoms with Crippen LogP contribution in [-0.4, -0.2) is 55.3 Å². The number of sulfonamides is 1. The number of aliphatic hydroxyl groups is 1. The van der Waals surface area contributed by atoms with Crippen molar-refractivity contribution in [3.8, 4) is 11.1 Å². The number of nitrogens with zero attached hydrogens (tertiary/aromatic N) is 1. The Balaban J connectivity index is 1.50. The molecule has 2 aromatic carbocycles. The Morgan fingerprint density at radius 1 is 1.18 bits per heavy atom. The highest BCUT2D eigenvalue weighted by Crippen LogP contribution is 2.56. The lowest BCUT2D eigenvalue weighted by Crippen LogP contribution is -2.52. The molecule has 0 radical (unpaired) electrons. The van der Waals surface area contributed by atoms with Gasteiger partial charge in [-0.15, -0.1) is 0 Å². The largest absolute Gasteiger partial charge is 0.383 e. The molecule has 3 aliphatic rings. The molecule has 0 aromatic heterocycles. The van der Waals surface area contributed by atoms with Gasteiger partial charge in [-0.25, -0.2) is 17.5 Å². The molecule has 0 unspecified atom stereocenters. The first-order chi connectivity index (χ1) is 16.2. The van der Waals surface area contributed by atoms with Crippen LogP contribution in [0.2, 0.25) is 0 Å². The number of amides is 1. The molecule has 5 rings (SSSR count). The lowest BCUT2D eigenvalue weighted by molar-refractivity contribution is -0.146. The number of rotatable bonds is 7. The zero-order chi connectivity index (χ0) is 24.1. The average Bonchev–Trinajstić information content (AvgIpc) is 3.48. The van der Waals surface area contributed by atoms with E-state index in [-0.39, 0.29) is 29.5 Å². The van der Waals surface area contributed by atoms with Gasteiger partial charge in [0.2, 0.25) is 10.0 Å². The zero-order valence-corrected chi connectivity index (χ0v) is 20.1. The second-order valence-electron chi connectivity index (χ2n) is 10.2. The van der Waals surface area contributed by atoms with Crippen LogP contribution in [0, 0.1) is 17.2 Å². The van der Waals surface area contributed by atoms with Crippen molar-refractivity contribution in [3.05, 3.63) is 59.9 Å². The fourth-order valence-corrected chi connectivity index (χ4v) is 6.48. The van der Waals surface area contributed by atoms with Crippen LogP contribution in [-0.2, 0) is 21.2 Å². The smallest absolute Gasteiger partial charge is 0.252 e. The van der Waals surface area contributed by atoms with Crippen LogP contribution < -0.4 is 4.72 Å². The van der Waals surface area contributed by atoms with E-state index in [1.165, 1.54) is 0 Å². The van der Waals surface area contributed by atoms with Crippen LogP contribution in [0.5, 0.6) is 0 Å². The van der Waals surface area contributed by atoms with E-state index in [0.29, 0.717) is 17.7 Å². The van der Waals surface area contributed by atoms with Crippen molar-refractivity contribution in [2.45, 2.75) is 56.7 Å². The molecule has 3 atom stereocenters. The number of halogens is 1. The minimum absolute atomic E-state index is 0.0524. The van der Waals surface area contributed by atoms with Crippen LogP contribution in [0.25, 0.3) is 11.1 Å². The highest BCUT2D eigenvalue weighted by atomic mass is 32.2. The average molecular weight is 487 g/mol. The molecule has 1 saturated heterocycles. The number of carbonyl (C=O) groups excluding carboxylic acids is 1. The molecule has 182 valence electrons. The Morgan fingerprint density at radius 2 is 1.88 bits per heavy atom. The summed E-state index contributed by atoms with van der Waals surface area (Å²) in [6.07, 6.45) is 4.42. The Hall–Kier alpha value is -2.29. The normalized spacial score (nSPS) is 24.7. The van der Waals surface area contributed by atoms with Crippen LogP contribution in [0.15, 0.2) is 48.5 Å². The molecule has 1 heterocycles. The first kappa shape index (κ1) is 23.5. The molecule has 2 aliphatic carbocycles. The second kappa shape index (κ2) is 8.73. The molecular weight excluding hydrogens is 455 g/mol. The Kier molecular flexibility index (Phi) is 6.02. The van der Waals surface area contributed by atoms with Gasteiger partial charge in [-0.2, -0.15) is 0 Å². The number of likely N-dealkylation sites (tertiary alicyclic amines) is 1. The van der Waals surface area contributed by atoms with Gasteiger partial charge in [0, 0.05) is 23.6 Å². The molecular formula is C26H31FN2O4S. The summed E-state index contributed by atoms with van der Waals surface area (Å²) in [5, 5.41) is 10.7. The maximum absolute atomic E-state index is 15.7. The van der Waals surface area contributed by atoms with E-state index in [2.05, 4.69) is 4.72 Å². The third kappa shape index (κ3) is 4.39. The van der Waals surface area contributed by atoms with Crippen molar-refractivity contribution in [1.29, 1.82) is 0 Å². The summed E-state index contributed by atoms with van der Waals surface area (Å²) in [7, 11) is -3.55. The van der Waals surface area contributed by atoms with E-state index >= 15 is 4.39 Å². The van der Waals surface area contributed by atoms with Gasteiger partial charge >= 0.3 is 0 Å². The van der Waals surface area contributed by atoms with E-state index in [9.17, 15) is 18.3 Å². The van der Waals surface area contributed by atoms with Gasteiger partial charge in [-0.1, -0.05) is 55.0 Å². The first-order valence-corrected chi connectivity index (χ1v) is 13.9. The highest BCUT2D eigenvalue weighted by molar-refractivity contribution is 7.88. The first-order valence-electron chi connectivity index (χ1n) is 12.0. The Morgan fingerprint density at radius 3 is 2.47 bits per heavy atom. The molecule has 0 bridgehead atoms. The third-order valence-corrected chi connectivity index (χ3v) is 8.57. The lowest BCUT2D eigenvalue weighted by Gasteiger charge is -2.35. The van der Waals surface area contributed by atoms with E-state index in [1.807, 2.05) is 30.3 Å². The van der Waals surface area contributed by atoms with Gasteiger partial charge in [0.05, 0.1) is 12.3 Å². The summed E-state index contributed by atoms with van der Waals surface area (Å²) in [5.74, 6) is -0.780. The quantitative estimate of drug-likeness (QED) is 0.630. The second-order valence-corrected chi connectivity index (χ2v) is 12.0. The maximum Gasteiger partial charge on any atom is 0.252 e. The number of aliphatic hydroxyl groups excluding tert-OH is 1. The van der Waals surface area contributed by atoms with Gasteiger partial charge in [0.1, 0.15) is 11.9 Å². The molecule has 2 aromatic rings. The predicted octanol–water partition coefficient (Wildman–Crippen LogP) is 3.11. The summed E-state index contributed by atoms with van der Waals surface area (Å²) < 4.78 is 42.9. The standard InChI is InChI=1S/C26H31FN2O4S/c1-34(32,33)28-24-21(15-19-11-6-12-20(22(19)27)17-7-3-2-4-8-17)29(16-26(24)13-14-26)25(31)23(30)18-9-5-10-18/h2-4,6-8,11-12,18,21,23-24,28,30H,5,9-10,13-16H2,1H3/t21-,23+,24+/m0/s1. The number of hydrogen-bond acceptors (Lipinski definition) is 4. The van der Waals surface area contributed by atoms with Crippen molar-refractivity contribution < 1.29 is 22.7 Å². The number of benzene rings is 2. The topological polar surface area (TPSA) is 86.7 Å². The van der Waals surface area contributed by atoms with E-state index in [1.54, 1.807) is 23.1 Å². The SMILES string of the molecule is CS(=O)(=O)N[C@@H]1[C@H](Cc2cccc(-c3ccccc3)c2F)N(C(=O)[C@H](O)C2CCC2)CC12CC2. The van der Waals surface area contributed by atoms with E-state index < -0.39 is 28.2 Å². The minimum Gasteiger partial charge on any atom is -0.383 e. The molecule has 1 aliphatic heterocycles. The van der Waals surface area contributed by atoms with Crippen molar-refractivity contribution in [3.63, 3.8) is 0 Å². The molecule has 2 saturated carbocycles. The van der Waals surface area contributed by atoms with Gasteiger partial charge in [-0.05, 0) is 49.1 Å². The maximum atomic E-state index is 15.7. The van der Waals surface area contributed by atoms with Crippen LogP contribution in [0.1, 0.15) is 37.7 Å². The number of carbonyl (C=O) groups is 1. The third-order valence-electron chi connectivity index (χ3n) is 7.89. The highest BCUT2D eigenvalue weighted by Gasteiger charge is 2.61. The minimum atomic E-state index is -3.55. The monoisotopic (exact) mass is 486 g/mol. The van der Waals surface area contributed by atoms with E-state index in [0.717, 1.165) is 43.9 Å². The summed E-state index contributed by atoms with van der Waals surface area (Å²) in [6, 6.07) is 13.4. The molecule has 2 N–H and O–H groups in total. The Labute approximate surface area is 200 Å². The molecule has 34 heavy (non-hydrogen) atoms. The van der Waals surface area contributed by atoms with Crippen LogP contribution in [0.4, 0.5) is 4.39 Å². The fraction of sp³-hybridized carbons (Fsp3) is 0.500. The lowest BCUT2D eigenvalue weighted by atomic mass is 9.80. The van der Waals surface area contributed by atoms with Gasteiger partial charge in [0.15, 0.2) is 0 Å². The van der Waals surface area contributed by atoms with Crippen molar-refractivity contribution in [2.75, 3.05) is 12.8 Å². The predicted molar refractivity (Wildman–Crippen MR) is 128 cm³/mol. The van der Waals surface area contributed by atoms with Gasteiger partial charge < -0.3 is 10.0 Å². The summed E-state index contributed by atoms with van der Waals surface area (Å²) in [6.45, 7) is 0.382.